The highest BCUT2D eigenvalue weighted by molar-refractivity contribution is 5.93. The van der Waals surface area contributed by atoms with Crippen LogP contribution in [0.5, 0.6) is 0 Å². The van der Waals surface area contributed by atoms with Crippen LogP contribution in [-0.2, 0) is 16.1 Å². The molecule has 0 aromatic heterocycles. The molecule has 1 aromatic carbocycles. The van der Waals surface area contributed by atoms with Gasteiger partial charge in [-0.25, -0.2) is 0 Å². The second-order valence-corrected chi connectivity index (χ2v) is 5.30. The molecule has 0 heterocycles. The van der Waals surface area contributed by atoms with Gasteiger partial charge in [0.1, 0.15) is 0 Å². The SMILES string of the molecule is CC(C)NC(=O)CN(C)CC(=O)Nc1ccccc1CN. The van der Waals surface area contributed by atoms with E-state index in [-0.39, 0.29) is 30.9 Å². The Bertz CT molecular complexity index is 488. The zero-order chi connectivity index (χ0) is 15.8. The van der Waals surface area contributed by atoms with Crippen molar-refractivity contribution in [2.24, 2.45) is 5.73 Å². The number of amides is 2. The predicted molar refractivity (Wildman–Crippen MR) is 83.7 cm³/mol. The molecule has 6 nitrogen and oxygen atoms in total. The minimum absolute atomic E-state index is 0.0937. The third kappa shape index (κ3) is 6.37. The van der Waals surface area contributed by atoms with Gasteiger partial charge in [0, 0.05) is 18.3 Å². The van der Waals surface area contributed by atoms with Crippen LogP contribution in [0.1, 0.15) is 19.4 Å². The summed E-state index contributed by atoms with van der Waals surface area (Å²) in [5.41, 5.74) is 7.22. The summed E-state index contributed by atoms with van der Waals surface area (Å²) in [6, 6.07) is 7.49. The first kappa shape index (κ1) is 17.1. The molecule has 0 saturated heterocycles. The summed E-state index contributed by atoms with van der Waals surface area (Å²) in [7, 11) is 1.73. The van der Waals surface area contributed by atoms with Crippen molar-refractivity contribution in [1.82, 2.24) is 10.2 Å². The first-order chi connectivity index (χ1) is 9.92. The predicted octanol–water partition coefficient (Wildman–Crippen LogP) is 0.540. The number of nitrogens with one attached hydrogen (secondary N) is 2. The maximum atomic E-state index is 12.0. The third-order valence-corrected chi connectivity index (χ3v) is 2.79. The highest BCUT2D eigenvalue weighted by Crippen LogP contribution is 2.13. The quantitative estimate of drug-likeness (QED) is 0.684. The number of nitrogens with two attached hydrogens (primary N) is 1. The lowest BCUT2D eigenvalue weighted by Crippen LogP contribution is -2.41. The number of nitrogens with zero attached hydrogens (tertiary/aromatic N) is 1. The Labute approximate surface area is 125 Å². The molecule has 0 aliphatic rings. The number of hydrogen-bond acceptors (Lipinski definition) is 4. The Morgan fingerprint density at radius 2 is 1.81 bits per heavy atom. The molecule has 1 rings (SSSR count). The largest absolute Gasteiger partial charge is 0.353 e. The van der Waals surface area contributed by atoms with Crippen LogP contribution >= 0.6 is 0 Å². The molecule has 0 unspecified atom stereocenters. The Hall–Kier alpha value is -1.92. The molecule has 1 aromatic rings. The van der Waals surface area contributed by atoms with Crippen LogP contribution in [0.15, 0.2) is 24.3 Å². The van der Waals surface area contributed by atoms with Crippen LogP contribution in [0.3, 0.4) is 0 Å². The molecular formula is C15H24N4O2. The lowest BCUT2D eigenvalue weighted by atomic mass is 10.2. The van der Waals surface area contributed by atoms with Gasteiger partial charge < -0.3 is 16.4 Å². The molecule has 0 fully saturated rings. The Morgan fingerprint density at radius 3 is 2.43 bits per heavy atom. The van der Waals surface area contributed by atoms with Gasteiger partial charge in [0.25, 0.3) is 0 Å². The van der Waals surface area contributed by atoms with Crippen molar-refractivity contribution < 1.29 is 9.59 Å². The van der Waals surface area contributed by atoms with E-state index < -0.39 is 0 Å². The van der Waals surface area contributed by atoms with Crippen LogP contribution in [0, 0.1) is 0 Å². The van der Waals surface area contributed by atoms with Crippen molar-refractivity contribution in [3.8, 4) is 0 Å². The van der Waals surface area contributed by atoms with E-state index in [2.05, 4.69) is 10.6 Å². The molecule has 0 atom stereocenters. The topological polar surface area (TPSA) is 87.5 Å². The van der Waals surface area contributed by atoms with E-state index in [1.54, 1.807) is 11.9 Å². The highest BCUT2D eigenvalue weighted by Gasteiger charge is 2.12. The van der Waals surface area contributed by atoms with Gasteiger partial charge in [-0.05, 0) is 32.5 Å². The molecule has 0 aliphatic carbocycles. The van der Waals surface area contributed by atoms with Crippen LogP contribution in [0.4, 0.5) is 5.69 Å². The molecule has 4 N–H and O–H groups in total. The smallest absolute Gasteiger partial charge is 0.238 e. The summed E-state index contributed by atoms with van der Waals surface area (Å²) in [4.78, 5) is 25.2. The van der Waals surface area contributed by atoms with E-state index in [0.29, 0.717) is 12.2 Å². The van der Waals surface area contributed by atoms with Crippen molar-refractivity contribution in [3.05, 3.63) is 29.8 Å². The standard InChI is InChI=1S/C15H24N4O2/c1-11(2)17-14(20)9-19(3)10-15(21)18-13-7-5-4-6-12(13)8-16/h4-7,11H,8-10,16H2,1-3H3,(H,17,20)(H,18,21). The van der Waals surface area contributed by atoms with Crippen molar-refractivity contribution in [1.29, 1.82) is 0 Å². The van der Waals surface area contributed by atoms with Crippen molar-refractivity contribution in [3.63, 3.8) is 0 Å². The molecule has 0 saturated carbocycles. The number of hydrogen-bond donors (Lipinski definition) is 3. The third-order valence-electron chi connectivity index (χ3n) is 2.79. The van der Waals surface area contributed by atoms with Crippen LogP contribution in [-0.4, -0.2) is 42.9 Å². The number of carbonyl (C=O) groups excluding carboxylic acids is 2. The van der Waals surface area contributed by atoms with E-state index in [9.17, 15) is 9.59 Å². The van der Waals surface area contributed by atoms with Crippen molar-refractivity contribution in [2.75, 3.05) is 25.5 Å². The van der Waals surface area contributed by atoms with E-state index in [0.717, 1.165) is 5.56 Å². The molecule has 0 spiro atoms. The van der Waals surface area contributed by atoms with Gasteiger partial charge in [0.05, 0.1) is 13.1 Å². The van der Waals surface area contributed by atoms with Gasteiger partial charge in [0.15, 0.2) is 0 Å². The van der Waals surface area contributed by atoms with Crippen molar-refractivity contribution >= 4 is 17.5 Å². The van der Waals surface area contributed by atoms with Gasteiger partial charge in [-0.2, -0.15) is 0 Å². The summed E-state index contributed by atoms with van der Waals surface area (Å²) >= 11 is 0. The van der Waals surface area contributed by atoms with Crippen LogP contribution in [0.25, 0.3) is 0 Å². The molecule has 0 aliphatic heterocycles. The summed E-state index contributed by atoms with van der Waals surface area (Å²) in [6.07, 6.45) is 0. The van der Waals surface area contributed by atoms with E-state index in [4.69, 9.17) is 5.73 Å². The summed E-state index contributed by atoms with van der Waals surface area (Å²) in [5, 5.41) is 5.60. The van der Waals surface area contributed by atoms with E-state index in [1.165, 1.54) is 0 Å². The second-order valence-electron chi connectivity index (χ2n) is 5.30. The fourth-order valence-electron chi connectivity index (χ4n) is 1.92. The highest BCUT2D eigenvalue weighted by atomic mass is 16.2. The lowest BCUT2D eigenvalue weighted by molar-refractivity contribution is -0.123. The minimum atomic E-state index is -0.171. The molecule has 2 amide bonds. The zero-order valence-electron chi connectivity index (χ0n) is 12.8. The number of likely N-dealkylation sites (N-methyl/N-ethyl adjacent to an activating group) is 1. The Kier molecular flexibility index (Phi) is 6.84. The fraction of sp³-hybridized carbons (Fsp3) is 0.467. The first-order valence-electron chi connectivity index (χ1n) is 6.98. The molecule has 21 heavy (non-hydrogen) atoms. The molecule has 116 valence electrons. The number of anilines is 1. The maximum absolute atomic E-state index is 12.0. The van der Waals surface area contributed by atoms with E-state index >= 15 is 0 Å². The molecular weight excluding hydrogens is 268 g/mol. The van der Waals surface area contributed by atoms with Gasteiger partial charge in [-0.1, -0.05) is 18.2 Å². The monoisotopic (exact) mass is 292 g/mol. The number of para-hydroxylation sites is 1. The van der Waals surface area contributed by atoms with Crippen LogP contribution < -0.4 is 16.4 Å². The zero-order valence-corrected chi connectivity index (χ0v) is 12.8. The normalized spacial score (nSPS) is 10.8. The maximum Gasteiger partial charge on any atom is 0.238 e. The van der Waals surface area contributed by atoms with Gasteiger partial charge in [-0.15, -0.1) is 0 Å². The van der Waals surface area contributed by atoms with Gasteiger partial charge in [0.2, 0.25) is 11.8 Å². The number of carbonyl (C=O) groups is 2. The summed E-state index contributed by atoms with van der Waals surface area (Å²) in [5.74, 6) is -0.265. The summed E-state index contributed by atoms with van der Waals surface area (Å²) in [6.45, 7) is 4.49. The number of rotatable bonds is 7. The molecule has 0 bridgehead atoms. The Morgan fingerprint density at radius 1 is 1.19 bits per heavy atom. The van der Waals surface area contributed by atoms with Gasteiger partial charge >= 0.3 is 0 Å². The summed E-state index contributed by atoms with van der Waals surface area (Å²) < 4.78 is 0. The minimum Gasteiger partial charge on any atom is -0.353 e. The molecule has 6 heteroatoms. The van der Waals surface area contributed by atoms with Crippen molar-refractivity contribution in [2.45, 2.75) is 26.4 Å². The van der Waals surface area contributed by atoms with E-state index in [1.807, 2.05) is 38.1 Å². The second kappa shape index (κ2) is 8.39. The Balaban J connectivity index is 2.48. The lowest BCUT2D eigenvalue weighted by Gasteiger charge is -2.17. The molecule has 0 radical (unpaired) electrons. The fourth-order valence-corrected chi connectivity index (χ4v) is 1.92. The average Bonchev–Trinajstić information content (AvgIpc) is 2.37. The average molecular weight is 292 g/mol. The first-order valence-corrected chi connectivity index (χ1v) is 6.98. The van der Waals surface area contributed by atoms with Gasteiger partial charge in [-0.3, -0.25) is 14.5 Å². The number of benzene rings is 1. The van der Waals surface area contributed by atoms with Crippen LogP contribution in [0.2, 0.25) is 0 Å².